The van der Waals surface area contributed by atoms with Gasteiger partial charge in [0.15, 0.2) is 0 Å². The molecular weight excluding hydrogens is 224 g/mol. The lowest BCUT2D eigenvalue weighted by Gasteiger charge is -2.34. The number of hydrogen-bond acceptors (Lipinski definition) is 1. The maximum absolute atomic E-state index is 10.5. The predicted molar refractivity (Wildman–Crippen MR) is 64.7 cm³/mol. The zero-order valence-corrected chi connectivity index (χ0v) is 10.9. The van der Waals surface area contributed by atoms with E-state index in [4.69, 9.17) is 16.7 Å². The highest BCUT2D eigenvalue weighted by atomic mass is 35.5. The molecule has 0 saturated heterocycles. The number of fused-ring (bicyclic) bond motifs is 2. The van der Waals surface area contributed by atoms with E-state index in [1.165, 1.54) is 12.8 Å². The highest BCUT2D eigenvalue weighted by Gasteiger charge is 2.59. The van der Waals surface area contributed by atoms with Crippen LogP contribution < -0.4 is 0 Å². The molecular formula is C13H21ClO2. The second-order valence-corrected chi connectivity index (χ2v) is 6.89. The lowest BCUT2D eigenvalue weighted by molar-refractivity contribution is -0.137. The Labute approximate surface area is 102 Å². The first kappa shape index (κ1) is 12.2. The van der Waals surface area contributed by atoms with Crippen molar-refractivity contribution in [3.8, 4) is 0 Å². The summed E-state index contributed by atoms with van der Waals surface area (Å²) in [5.74, 6) is 0.628. The van der Waals surface area contributed by atoms with Crippen LogP contribution in [-0.2, 0) is 4.79 Å². The van der Waals surface area contributed by atoms with Crippen LogP contribution in [0.1, 0.15) is 52.4 Å². The van der Waals surface area contributed by atoms with Gasteiger partial charge in [-0.2, -0.15) is 0 Å². The van der Waals surface area contributed by atoms with Gasteiger partial charge in [0, 0.05) is 11.3 Å². The van der Waals surface area contributed by atoms with E-state index >= 15 is 0 Å². The van der Waals surface area contributed by atoms with Crippen LogP contribution in [-0.4, -0.2) is 16.0 Å². The van der Waals surface area contributed by atoms with Crippen molar-refractivity contribution in [2.24, 2.45) is 17.3 Å². The van der Waals surface area contributed by atoms with Crippen molar-refractivity contribution in [3.63, 3.8) is 0 Å². The molecule has 3 heteroatoms. The van der Waals surface area contributed by atoms with Crippen molar-refractivity contribution in [1.29, 1.82) is 0 Å². The number of carbonyl (C=O) groups is 1. The van der Waals surface area contributed by atoms with Gasteiger partial charge in [0.1, 0.15) is 0 Å². The van der Waals surface area contributed by atoms with Crippen LogP contribution in [0.25, 0.3) is 0 Å². The zero-order chi connectivity index (χ0) is 12.0. The summed E-state index contributed by atoms with van der Waals surface area (Å²) in [7, 11) is 0. The fourth-order valence-electron chi connectivity index (χ4n) is 4.05. The average molecular weight is 245 g/mol. The molecule has 0 aliphatic heterocycles. The molecule has 0 amide bonds. The largest absolute Gasteiger partial charge is 0.481 e. The molecule has 92 valence electrons. The quantitative estimate of drug-likeness (QED) is 0.766. The van der Waals surface area contributed by atoms with Crippen LogP contribution in [0.15, 0.2) is 0 Å². The Morgan fingerprint density at radius 3 is 2.56 bits per heavy atom. The van der Waals surface area contributed by atoms with E-state index in [9.17, 15) is 4.79 Å². The Hall–Kier alpha value is -0.240. The number of halogens is 1. The Morgan fingerprint density at radius 2 is 2.12 bits per heavy atom. The van der Waals surface area contributed by atoms with E-state index in [1.54, 1.807) is 0 Å². The number of rotatable bonds is 4. The SMILES string of the molecule is CC1(C)C2CCC1C(Cl)(CCCC(=O)O)C2. The minimum absolute atomic E-state index is 0.109. The zero-order valence-electron chi connectivity index (χ0n) is 10.1. The van der Waals surface area contributed by atoms with Crippen LogP contribution in [0.3, 0.4) is 0 Å². The summed E-state index contributed by atoms with van der Waals surface area (Å²) in [6.45, 7) is 4.66. The van der Waals surface area contributed by atoms with Crippen molar-refractivity contribution in [1.82, 2.24) is 0 Å². The summed E-state index contributed by atoms with van der Waals surface area (Å²) >= 11 is 6.74. The lowest BCUT2D eigenvalue weighted by atomic mass is 9.78. The third-order valence-corrected chi connectivity index (χ3v) is 5.55. The van der Waals surface area contributed by atoms with Gasteiger partial charge in [-0.05, 0) is 49.4 Å². The van der Waals surface area contributed by atoms with Crippen molar-refractivity contribution in [2.75, 3.05) is 0 Å². The van der Waals surface area contributed by atoms with Gasteiger partial charge in [0.25, 0.3) is 0 Å². The normalized spacial score (nSPS) is 40.2. The second kappa shape index (κ2) is 3.90. The van der Waals surface area contributed by atoms with Gasteiger partial charge in [0.2, 0.25) is 0 Å². The van der Waals surface area contributed by atoms with Gasteiger partial charge < -0.3 is 5.11 Å². The van der Waals surface area contributed by atoms with Crippen LogP contribution in [0.5, 0.6) is 0 Å². The van der Waals surface area contributed by atoms with Crippen LogP contribution in [0, 0.1) is 17.3 Å². The van der Waals surface area contributed by atoms with E-state index in [0.717, 1.165) is 25.2 Å². The Balaban J connectivity index is 1.97. The standard InChI is InChI=1S/C13H21ClO2/c1-12(2)9-5-6-10(12)13(14,8-9)7-3-4-11(15)16/h9-10H,3-8H2,1-2H3,(H,15,16). The Kier molecular flexibility index (Phi) is 2.98. The van der Waals surface area contributed by atoms with Crippen molar-refractivity contribution >= 4 is 17.6 Å². The van der Waals surface area contributed by atoms with Gasteiger partial charge in [-0.3, -0.25) is 4.79 Å². The first-order chi connectivity index (χ1) is 7.36. The fourth-order valence-corrected chi connectivity index (χ4v) is 4.76. The summed E-state index contributed by atoms with van der Waals surface area (Å²) in [6.07, 6.45) is 5.47. The molecule has 0 heterocycles. The molecule has 0 spiro atoms. The molecule has 2 saturated carbocycles. The molecule has 2 nitrogen and oxygen atoms in total. The third kappa shape index (κ3) is 1.85. The van der Waals surface area contributed by atoms with E-state index in [-0.39, 0.29) is 11.3 Å². The van der Waals surface area contributed by atoms with E-state index in [2.05, 4.69) is 13.8 Å². The number of carboxylic acids is 1. The summed E-state index contributed by atoms with van der Waals surface area (Å²) in [4.78, 5) is 10.4. The summed E-state index contributed by atoms with van der Waals surface area (Å²) in [5.41, 5.74) is 0.366. The molecule has 3 unspecified atom stereocenters. The third-order valence-electron chi connectivity index (χ3n) is 4.95. The smallest absolute Gasteiger partial charge is 0.303 e. The predicted octanol–water partition coefficient (Wildman–Crippen LogP) is 3.68. The van der Waals surface area contributed by atoms with Crippen LogP contribution >= 0.6 is 11.6 Å². The first-order valence-corrected chi connectivity index (χ1v) is 6.65. The second-order valence-electron chi connectivity index (χ2n) is 6.13. The van der Waals surface area contributed by atoms with Gasteiger partial charge in [0.05, 0.1) is 0 Å². The molecule has 2 bridgehead atoms. The summed E-state index contributed by atoms with van der Waals surface area (Å²) in [5, 5.41) is 8.66. The molecule has 0 aromatic heterocycles. The number of aliphatic carboxylic acids is 1. The van der Waals surface area contributed by atoms with Gasteiger partial charge in [-0.1, -0.05) is 13.8 Å². The van der Waals surface area contributed by atoms with Gasteiger partial charge >= 0.3 is 5.97 Å². The van der Waals surface area contributed by atoms with Crippen molar-refractivity contribution < 1.29 is 9.90 Å². The first-order valence-electron chi connectivity index (χ1n) is 6.27. The van der Waals surface area contributed by atoms with Gasteiger partial charge in [-0.15, -0.1) is 11.6 Å². The number of carboxylic acid groups (broad SMARTS) is 1. The molecule has 0 radical (unpaired) electrons. The van der Waals surface area contributed by atoms with Crippen molar-refractivity contribution in [2.45, 2.75) is 57.2 Å². The molecule has 2 aliphatic carbocycles. The molecule has 0 aromatic carbocycles. The van der Waals surface area contributed by atoms with E-state index < -0.39 is 5.97 Å². The van der Waals surface area contributed by atoms with Gasteiger partial charge in [-0.25, -0.2) is 0 Å². The minimum atomic E-state index is -0.706. The monoisotopic (exact) mass is 244 g/mol. The lowest BCUT2D eigenvalue weighted by Crippen LogP contribution is -2.32. The molecule has 2 aliphatic rings. The molecule has 0 aromatic rings. The number of alkyl halides is 1. The van der Waals surface area contributed by atoms with Crippen LogP contribution in [0.4, 0.5) is 0 Å². The summed E-state index contributed by atoms with van der Waals surface area (Å²) < 4.78 is 0. The molecule has 16 heavy (non-hydrogen) atoms. The summed E-state index contributed by atoms with van der Waals surface area (Å²) in [6, 6.07) is 0. The molecule has 2 fully saturated rings. The molecule has 1 N–H and O–H groups in total. The average Bonchev–Trinajstić information content (AvgIpc) is 2.51. The van der Waals surface area contributed by atoms with E-state index in [1.807, 2.05) is 0 Å². The highest BCUT2D eigenvalue weighted by molar-refractivity contribution is 6.24. The number of hydrogen-bond donors (Lipinski definition) is 1. The fraction of sp³-hybridized carbons (Fsp3) is 0.923. The van der Waals surface area contributed by atoms with Crippen molar-refractivity contribution in [3.05, 3.63) is 0 Å². The highest BCUT2D eigenvalue weighted by Crippen LogP contribution is 2.65. The van der Waals surface area contributed by atoms with E-state index in [0.29, 0.717) is 11.3 Å². The Morgan fingerprint density at radius 1 is 1.44 bits per heavy atom. The van der Waals surface area contributed by atoms with Crippen LogP contribution in [0.2, 0.25) is 0 Å². The topological polar surface area (TPSA) is 37.3 Å². The molecule has 2 rings (SSSR count). The Bertz CT molecular complexity index is 300. The molecule has 3 atom stereocenters. The maximum Gasteiger partial charge on any atom is 0.303 e. The minimum Gasteiger partial charge on any atom is -0.481 e. The maximum atomic E-state index is 10.5.